The summed E-state index contributed by atoms with van der Waals surface area (Å²) >= 11 is 5.30. The molecule has 0 spiro atoms. The lowest BCUT2D eigenvalue weighted by molar-refractivity contribution is -0.149. The van der Waals surface area contributed by atoms with Gasteiger partial charge in [0.25, 0.3) is 0 Å². The highest BCUT2D eigenvalue weighted by Crippen LogP contribution is 2.60. The van der Waals surface area contributed by atoms with Gasteiger partial charge in [0.15, 0.2) is 11.6 Å². The molecule has 4 nitrogen and oxygen atoms in total. The number of nitrogens with zero attached hydrogens (tertiary/aromatic N) is 1. The maximum atomic E-state index is 14.2. The van der Waals surface area contributed by atoms with Crippen molar-refractivity contribution >= 4 is 17.6 Å². The van der Waals surface area contributed by atoms with E-state index in [9.17, 15) is 27.6 Å². The van der Waals surface area contributed by atoms with Crippen LogP contribution in [0.4, 0.5) is 17.6 Å². The Labute approximate surface area is 187 Å². The van der Waals surface area contributed by atoms with Crippen LogP contribution in [0, 0.1) is 34.4 Å². The van der Waals surface area contributed by atoms with Crippen molar-refractivity contribution in [2.24, 2.45) is 17.3 Å². The zero-order valence-electron chi connectivity index (χ0n) is 17.0. The molecule has 0 aliphatic heterocycles. The van der Waals surface area contributed by atoms with Crippen molar-refractivity contribution < 1.29 is 31.8 Å². The number of alkyl halides is 3. The van der Waals surface area contributed by atoms with Gasteiger partial charge < -0.3 is 9.47 Å². The predicted molar refractivity (Wildman–Crippen MR) is 108 cm³/mol. The molecule has 9 heteroatoms. The van der Waals surface area contributed by atoms with Gasteiger partial charge in [-0.05, 0) is 35.6 Å². The number of rotatable bonds is 6. The number of hydrogen-bond donors (Lipinski definition) is 0. The fourth-order valence-electron chi connectivity index (χ4n) is 3.43. The van der Waals surface area contributed by atoms with Crippen LogP contribution in [0.3, 0.4) is 0 Å². The van der Waals surface area contributed by atoms with E-state index >= 15 is 0 Å². The molecule has 1 unspecified atom stereocenters. The Morgan fingerprint density at radius 2 is 1.88 bits per heavy atom. The van der Waals surface area contributed by atoms with Gasteiger partial charge in [-0.3, -0.25) is 4.79 Å². The summed E-state index contributed by atoms with van der Waals surface area (Å²) in [5.41, 5.74) is -0.667. The molecule has 2 aromatic carbocycles. The molecule has 3 rings (SSSR count). The molecule has 1 fully saturated rings. The highest BCUT2D eigenvalue weighted by Gasteiger charge is 2.62. The number of esters is 1. The molecular formula is C23H18ClF4NO3. The van der Waals surface area contributed by atoms with Crippen molar-refractivity contribution in [2.45, 2.75) is 26.1 Å². The average molecular weight is 468 g/mol. The van der Waals surface area contributed by atoms with E-state index in [0.717, 1.165) is 12.1 Å². The number of allylic oxidation sites excluding steroid dienone is 2. The Morgan fingerprint density at radius 3 is 2.47 bits per heavy atom. The summed E-state index contributed by atoms with van der Waals surface area (Å²) in [5.74, 6) is -3.04. The first kappa shape index (κ1) is 23.6. The molecule has 1 saturated carbocycles. The molecule has 0 bridgehead atoms. The van der Waals surface area contributed by atoms with Gasteiger partial charge in [0, 0.05) is 5.56 Å². The molecule has 0 amide bonds. The second-order valence-electron chi connectivity index (χ2n) is 7.89. The van der Waals surface area contributed by atoms with Crippen LogP contribution < -0.4 is 4.74 Å². The summed E-state index contributed by atoms with van der Waals surface area (Å²) in [5, 5.41) is 8.17. The molecule has 3 atom stereocenters. The van der Waals surface area contributed by atoms with Crippen LogP contribution in [0.15, 0.2) is 59.6 Å². The van der Waals surface area contributed by atoms with Crippen molar-refractivity contribution in [3.05, 3.63) is 71.0 Å². The number of benzene rings is 2. The number of carbonyl (C=O) groups excluding carboxylic acids is 1. The van der Waals surface area contributed by atoms with Gasteiger partial charge in [0.1, 0.15) is 16.9 Å². The first-order valence-electron chi connectivity index (χ1n) is 9.52. The summed E-state index contributed by atoms with van der Waals surface area (Å²) in [6.45, 7) is 3.21. The number of ether oxygens (including phenoxy) is 2. The molecule has 2 aromatic rings. The molecule has 168 valence electrons. The summed E-state index contributed by atoms with van der Waals surface area (Å²) < 4.78 is 63.1. The van der Waals surface area contributed by atoms with E-state index in [2.05, 4.69) is 0 Å². The first-order chi connectivity index (χ1) is 14.9. The molecule has 0 radical (unpaired) electrons. The van der Waals surface area contributed by atoms with Crippen molar-refractivity contribution in [2.75, 3.05) is 0 Å². The highest BCUT2D eigenvalue weighted by atomic mass is 35.5. The topological polar surface area (TPSA) is 59.3 Å². The van der Waals surface area contributed by atoms with Crippen molar-refractivity contribution in [3.8, 4) is 17.6 Å². The lowest BCUT2D eigenvalue weighted by Crippen LogP contribution is -2.15. The number of halogens is 5. The van der Waals surface area contributed by atoms with Gasteiger partial charge in [-0.15, -0.1) is 0 Å². The Morgan fingerprint density at radius 1 is 1.22 bits per heavy atom. The second kappa shape index (κ2) is 8.83. The third kappa shape index (κ3) is 5.05. The highest BCUT2D eigenvalue weighted by molar-refractivity contribution is 6.30. The van der Waals surface area contributed by atoms with E-state index in [1.807, 2.05) is 6.07 Å². The van der Waals surface area contributed by atoms with Crippen LogP contribution in [0.5, 0.6) is 11.5 Å². The summed E-state index contributed by atoms with van der Waals surface area (Å²) in [6, 6.07) is 13.8. The van der Waals surface area contributed by atoms with E-state index in [1.54, 1.807) is 44.2 Å². The lowest BCUT2D eigenvalue weighted by Gasteiger charge is -2.14. The molecule has 32 heavy (non-hydrogen) atoms. The summed E-state index contributed by atoms with van der Waals surface area (Å²) in [4.78, 5) is 12.6. The molecular weight excluding hydrogens is 450 g/mol. The SMILES string of the molecule is CC1(C)[C@H](/C=C(\Cl)C(F)(F)F)[C@@H]1C(=O)OC(C#N)c1ccc(F)c(Oc2ccccc2)c1. The maximum Gasteiger partial charge on any atom is 0.426 e. The normalized spacial score (nSPS) is 20.8. The van der Waals surface area contributed by atoms with Gasteiger partial charge in [-0.2, -0.15) is 18.4 Å². The van der Waals surface area contributed by atoms with E-state index in [-0.39, 0.29) is 11.3 Å². The number of hydrogen-bond acceptors (Lipinski definition) is 4. The molecule has 0 saturated heterocycles. The van der Waals surface area contributed by atoms with Gasteiger partial charge in [0.2, 0.25) is 6.10 Å². The van der Waals surface area contributed by atoms with E-state index in [1.165, 1.54) is 12.1 Å². The van der Waals surface area contributed by atoms with Gasteiger partial charge in [-0.1, -0.05) is 55.8 Å². The van der Waals surface area contributed by atoms with Crippen LogP contribution in [-0.4, -0.2) is 12.1 Å². The average Bonchev–Trinajstić information content (AvgIpc) is 3.27. The number of para-hydroxylation sites is 1. The molecule has 1 aliphatic rings. The van der Waals surface area contributed by atoms with Crippen LogP contribution in [-0.2, 0) is 9.53 Å². The zero-order valence-corrected chi connectivity index (χ0v) is 17.7. The minimum Gasteiger partial charge on any atom is -0.454 e. The number of carbonyl (C=O) groups is 1. The van der Waals surface area contributed by atoms with E-state index in [4.69, 9.17) is 21.1 Å². The monoisotopic (exact) mass is 467 g/mol. The van der Waals surface area contributed by atoms with Crippen LogP contribution in [0.2, 0.25) is 0 Å². The van der Waals surface area contributed by atoms with Crippen molar-refractivity contribution in [1.29, 1.82) is 5.26 Å². The standard InChI is InChI=1S/C23H18ClF4NO3/c1-22(2)15(11-19(24)23(26,27)28)20(22)21(30)32-18(12-29)13-8-9-16(25)17(10-13)31-14-6-4-3-5-7-14/h3-11,15,18,20H,1-2H3/b19-11-/t15-,18?,20-/m1/s1. The molecule has 0 N–H and O–H groups in total. The van der Waals surface area contributed by atoms with Crippen LogP contribution in [0.25, 0.3) is 0 Å². The Kier molecular flexibility index (Phi) is 6.51. The third-order valence-electron chi connectivity index (χ3n) is 5.34. The molecule has 1 aliphatic carbocycles. The predicted octanol–water partition coefficient (Wildman–Crippen LogP) is 6.68. The fourth-order valence-corrected chi connectivity index (χ4v) is 3.56. The third-order valence-corrected chi connectivity index (χ3v) is 5.68. The largest absolute Gasteiger partial charge is 0.454 e. The van der Waals surface area contributed by atoms with Gasteiger partial charge in [-0.25, -0.2) is 4.39 Å². The van der Waals surface area contributed by atoms with Crippen molar-refractivity contribution in [1.82, 2.24) is 0 Å². The van der Waals surface area contributed by atoms with Crippen LogP contribution in [0.1, 0.15) is 25.5 Å². The van der Waals surface area contributed by atoms with E-state index in [0.29, 0.717) is 5.75 Å². The second-order valence-corrected chi connectivity index (χ2v) is 8.30. The fraction of sp³-hybridized carbons (Fsp3) is 0.304. The minimum absolute atomic E-state index is 0.159. The minimum atomic E-state index is -4.72. The quantitative estimate of drug-likeness (QED) is 0.351. The maximum absolute atomic E-state index is 14.2. The summed E-state index contributed by atoms with van der Waals surface area (Å²) in [6.07, 6.45) is -5.33. The summed E-state index contributed by atoms with van der Waals surface area (Å²) in [7, 11) is 0. The molecule has 0 aromatic heterocycles. The van der Waals surface area contributed by atoms with E-state index < -0.39 is 46.3 Å². The molecule has 0 heterocycles. The smallest absolute Gasteiger partial charge is 0.426 e. The lowest BCUT2D eigenvalue weighted by atomic mass is 10.1. The van der Waals surface area contributed by atoms with Gasteiger partial charge >= 0.3 is 12.1 Å². The Balaban J connectivity index is 1.76. The Bertz CT molecular complexity index is 1080. The van der Waals surface area contributed by atoms with Gasteiger partial charge in [0.05, 0.1) is 5.92 Å². The Hall–Kier alpha value is -3.05. The van der Waals surface area contributed by atoms with Crippen LogP contribution >= 0.6 is 11.6 Å². The first-order valence-corrected chi connectivity index (χ1v) is 9.90. The zero-order chi connectivity index (χ0) is 23.7. The van der Waals surface area contributed by atoms with Crippen molar-refractivity contribution in [3.63, 3.8) is 0 Å². The number of nitriles is 1.